The zero-order valence-corrected chi connectivity index (χ0v) is 17.3. The molecule has 0 spiro atoms. The standard InChI is InChI=1S/C24H18F4N2O3/c1-14-4-2-3-5-18(14)16-8-11-20-19(12-16)23(24(26,27)28,33-22(32)30-20)13-29-21(31)15-6-9-17(25)10-7-15/h2-12H,13H2,1H3,(H,29,31)(H,30,32). The van der Waals surface area contributed by atoms with Crippen molar-refractivity contribution in [3.63, 3.8) is 0 Å². The number of carbonyl (C=O) groups excluding carboxylic acids is 2. The third-order valence-corrected chi connectivity index (χ3v) is 5.48. The van der Waals surface area contributed by atoms with Crippen molar-refractivity contribution in [3.05, 3.63) is 89.2 Å². The van der Waals surface area contributed by atoms with Crippen molar-refractivity contribution in [1.82, 2.24) is 5.32 Å². The summed E-state index contributed by atoms with van der Waals surface area (Å²) >= 11 is 0. The van der Waals surface area contributed by atoms with Gasteiger partial charge in [0, 0.05) is 11.1 Å². The van der Waals surface area contributed by atoms with Crippen LogP contribution in [0.25, 0.3) is 11.1 Å². The summed E-state index contributed by atoms with van der Waals surface area (Å²) in [4.78, 5) is 24.5. The number of alkyl halides is 3. The Morgan fingerprint density at radius 1 is 1.06 bits per heavy atom. The van der Waals surface area contributed by atoms with E-state index in [1.54, 1.807) is 18.2 Å². The maximum Gasteiger partial charge on any atom is 0.434 e. The second kappa shape index (κ2) is 8.23. The molecule has 0 saturated heterocycles. The third kappa shape index (κ3) is 4.13. The van der Waals surface area contributed by atoms with Gasteiger partial charge in [0.1, 0.15) is 5.82 Å². The number of nitrogens with one attached hydrogen (secondary N) is 2. The van der Waals surface area contributed by atoms with E-state index in [2.05, 4.69) is 10.6 Å². The van der Waals surface area contributed by atoms with E-state index in [-0.39, 0.29) is 16.8 Å². The molecule has 0 aliphatic carbocycles. The molecule has 1 heterocycles. The minimum Gasteiger partial charge on any atom is -0.426 e. The van der Waals surface area contributed by atoms with Gasteiger partial charge in [-0.05, 0) is 60.0 Å². The van der Waals surface area contributed by atoms with Crippen LogP contribution in [0.15, 0.2) is 66.7 Å². The Morgan fingerprint density at radius 3 is 2.42 bits per heavy atom. The molecular formula is C24H18F4N2O3. The largest absolute Gasteiger partial charge is 0.434 e. The van der Waals surface area contributed by atoms with E-state index in [1.165, 1.54) is 12.1 Å². The Kier molecular flexibility index (Phi) is 5.57. The molecule has 1 unspecified atom stereocenters. The second-order valence-electron chi connectivity index (χ2n) is 7.60. The average molecular weight is 458 g/mol. The predicted octanol–water partition coefficient (Wildman–Crippen LogP) is 5.55. The van der Waals surface area contributed by atoms with E-state index < -0.39 is 36.1 Å². The molecule has 33 heavy (non-hydrogen) atoms. The zero-order chi connectivity index (χ0) is 23.8. The van der Waals surface area contributed by atoms with Gasteiger partial charge in [-0.25, -0.2) is 9.18 Å². The summed E-state index contributed by atoms with van der Waals surface area (Å²) in [7, 11) is 0. The summed E-state index contributed by atoms with van der Waals surface area (Å²) in [5, 5.41) is 4.47. The lowest BCUT2D eigenvalue weighted by atomic mass is 9.86. The molecule has 9 heteroatoms. The molecule has 2 N–H and O–H groups in total. The first-order valence-electron chi connectivity index (χ1n) is 9.92. The fraction of sp³-hybridized carbons (Fsp3) is 0.167. The van der Waals surface area contributed by atoms with E-state index in [9.17, 15) is 27.2 Å². The summed E-state index contributed by atoms with van der Waals surface area (Å²) in [5.41, 5.74) is -1.53. The van der Waals surface area contributed by atoms with Gasteiger partial charge in [0.15, 0.2) is 0 Å². The smallest absolute Gasteiger partial charge is 0.426 e. The third-order valence-electron chi connectivity index (χ3n) is 5.48. The molecule has 3 aromatic rings. The Labute approximate surface area is 186 Å². The number of fused-ring (bicyclic) bond motifs is 1. The topological polar surface area (TPSA) is 67.4 Å². The molecule has 0 fully saturated rings. The maximum atomic E-state index is 14.5. The number of rotatable bonds is 4. The molecule has 0 saturated carbocycles. The Balaban J connectivity index is 1.77. The van der Waals surface area contributed by atoms with Crippen LogP contribution in [0.3, 0.4) is 0 Å². The van der Waals surface area contributed by atoms with Crippen molar-refractivity contribution in [1.29, 1.82) is 0 Å². The SMILES string of the molecule is Cc1ccccc1-c1ccc2c(c1)C(CNC(=O)c1ccc(F)cc1)(C(F)(F)F)OC(=O)N2. The number of ether oxygens (including phenoxy) is 1. The van der Waals surface area contributed by atoms with Crippen LogP contribution in [0, 0.1) is 12.7 Å². The van der Waals surface area contributed by atoms with E-state index >= 15 is 0 Å². The van der Waals surface area contributed by atoms with Crippen LogP contribution in [0.4, 0.5) is 28.0 Å². The molecule has 1 aliphatic rings. The molecule has 0 radical (unpaired) electrons. The fourth-order valence-corrected chi connectivity index (χ4v) is 3.75. The molecular weight excluding hydrogens is 440 g/mol. The van der Waals surface area contributed by atoms with Crippen LogP contribution in [0.1, 0.15) is 21.5 Å². The first-order chi connectivity index (χ1) is 15.6. The van der Waals surface area contributed by atoms with Gasteiger partial charge in [0.25, 0.3) is 11.5 Å². The van der Waals surface area contributed by atoms with Gasteiger partial charge in [-0.15, -0.1) is 0 Å². The van der Waals surface area contributed by atoms with Gasteiger partial charge < -0.3 is 10.1 Å². The molecule has 1 atom stereocenters. The van der Waals surface area contributed by atoms with Crippen LogP contribution >= 0.6 is 0 Å². The van der Waals surface area contributed by atoms with Gasteiger partial charge >= 0.3 is 12.3 Å². The van der Waals surface area contributed by atoms with Gasteiger partial charge in [-0.3, -0.25) is 10.1 Å². The van der Waals surface area contributed by atoms with E-state index in [0.717, 1.165) is 29.8 Å². The molecule has 0 bridgehead atoms. The number of halogens is 4. The highest BCUT2D eigenvalue weighted by atomic mass is 19.4. The molecule has 4 rings (SSSR count). The Hall–Kier alpha value is -3.88. The quantitative estimate of drug-likeness (QED) is 0.504. The molecule has 2 amide bonds. The molecule has 3 aromatic carbocycles. The first-order valence-corrected chi connectivity index (χ1v) is 9.92. The number of hydrogen-bond acceptors (Lipinski definition) is 3. The van der Waals surface area contributed by atoms with Gasteiger partial charge in [-0.2, -0.15) is 13.2 Å². The summed E-state index contributed by atoms with van der Waals surface area (Å²) in [6.45, 7) is 0.761. The summed E-state index contributed by atoms with van der Waals surface area (Å²) < 4.78 is 61.3. The van der Waals surface area contributed by atoms with E-state index in [0.29, 0.717) is 11.1 Å². The van der Waals surface area contributed by atoms with Crippen molar-refractivity contribution in [2.24, 2.45) is 0 Å². The highest BCUT2D eigenvalue weighted by molar-refractivity contribution is 5.94. The van der Waals surface area contributed by atoms with Crippen LogP contribution in [-0.4, -0.2) is 24.7 Å². The summed E-state index contributed by atoms with van der Waals surface area (Å²) in [6, 6.07) is 15.8. The van der Waals surface area contributed by atoms with Gasteiger partial charge in [-0.1, -0.05) is 30.3 Å². The molecule has 170 valence electrons. The van der Waals surface area contributed by atoms with Gasteiger partial charge in [0.2, 0.25) is 0 Å². The molecule has 5 nitrogen and oxygen atoms in total. The predicted molar refractivity (Wildman–Crippen MR) is 113 cm³/mol. The monoisotopic (exact) mass is 458 g/mol. The first kappa shape index (κ1) is 22.3. The number of hydrogen-bond donors (Lipinski definition) is 2. The number of aryl methyl sites for hydroxylation is 1. The van der Waals surface area contributed by atoms with Crippen LogP contribution in [-0.2, 0) is 10.3 Å². The number of anilines is 1. The molecule has 0 aromatic heterocycles. The van der Waals surface area contributed by atoms with Crippen LogP contribution < -0.4 is 10.6 Å². The minimum atomic E-state index is -5.06. The lowest BCUT2D eigenvalue weighted by Crippen LogP contribution is -2.56. The second-order valence-corrected chi connectivity index (χ2v) is 7.60. The Morgan fingerprint density at radius 2 is 1.76 bits per heavy atom. The van der Waals surface area contributed by atoms with E-state index in [1.807, 2.05) is 19.1 Å². The minimum absolute atomic E-state index is 0.0390. The number of cyclic esters (lactones) is 1. The highest BCUT2D eigenvalue weighted by Gasteiger charge is 2.62. The van der Waals surface area contributed by atoms with E-state index in [4.69, 9.17) is 4.74 Å². The van der Waals surface area contributed by atoms with Crippen LogP contribution in [0.5, 0.6) is 0 Å². The van der Waals surface area contributed by atoms with Crippen molar-refractivity contribution in [3.8, 4) is 11.1 Å². The summed E-state index contributed by atoms with van der Waals surface area (Å²) in [5.74, 6) is -1.46. The van der Waals surface area contributed by atoms with Crippen molar-refractivity contribution in [2.45, 2.75) is 18.7 Å². The summed E-state index contributed by atoms with van der Waals surface area (Å²) in [6.07, 6.45) is -6.35. The number of amides is 2. The van der Waals surface area contributed by atoms with Crippen molar-refractivity contribution < 1.29 is 31.9 Å². The highest BCUT2D eigenvalue weighted by Crippen LogP contribution is 2.48. The van der Waals surface area contributed by atoms with Crippen molar-refractivity contribution >= 4 is 17.7 Å². The normalized spacial score (nSPS) is 17.5. The fourth-order valence-electron chi connectivity index (χ4n) is 3.75. The number of benzene rings is 3. The lowest BCUT2D eigenvalue weighted by Gasteiger charge is -2.39. The molecule has 1 aliphatic heterocycles. The Bertz CT molecular complexity index is 1230. The van der Waals surface area contributed by atoms with Crippen LogP contribution in [0.2, 0.25) is 0 Å². The zero-order valence-electron chi connectivity index (χ0n) is 17.3. The maximum absolute atomic E-state index is 14.5. The number of carbonyl (C=O) groups is 2. The average Bonchev–Trinajstić information content (AvgIpc) is 2.77. The van der Waals surface area contributed by atoms with Gasteiger partial charge in [0.05, 0.1) is 12.2 Å². The lowest BCUT2D eigenvalue weighted by molar-refractivity contribution is -0.261. The van der Waals surface area contributed by atoms with Crippen molar-refractivity contribution in [2.75, 3.05) is 11.9 Å².